The number of benzene rings is 1. The van der Waals surface area contributed by atoms with Crippen LogP contribution in [0.2, 0.25) is 0 Å². The van der Waals surface area contributed by atoms with E-state index in [1.165, 1.54) is 37.6 Å². The van der Waals surface area contributed by atoms with Crippen LogP contribution < -0.4 is 9.62 Å². The van der Waals surface area contributed by atoms with Crippen LogP contribution >= 0.6 is 0 Å². The van der Waals surface area contributed by atoms with Crippen molar-refractivity contribution >= 4 is 21.6 Å². The number of ether oxygens (including phenoxy) is 1. The summed E-state index contributed by atoms with van der Waals surface area (Å²) in [6.07, 6.45) is 3.52. The van der Waals surface area contributed by atoms with Crippen LogP contribution in [0.1, 0.15) is 23.7 Å². The van der Waals surface area contributed by atoms with Crippen molar-refractivity contribution < 1.29 is 17.9 Å². The van der Waals surface area contributed by atoms with Crippen molar-refractivity contribution in [2.24, 2.45) is 0 Å². The minimum atomic E-state index is -3.72. The van der Waals surface area contributed by atoms with Gasteiger partial charge in [0, 0.05) is 33.0 Å². The number of carbonyl (C=O) groups excluding carboxylic acids is 1. The fourth-order valence-electron chi connectivity index (χ4n) is 2.24. The van der Waals surface area contributed by atoms with Gasteiger partial charge in [-0.15, -0.1) is 0 Å². The summed E-state index contributed by atoms with van der Waals surface area (Å²) >= 11 is 0. The Morgan fingerprint density at radius 3 is 2.65 bits per heavy atom. The van der Waals surface area contributed by atoms with E-state index < -0.39 is 10.0 Å². The van der Waals surface area contributed by atoms with E-state index >= 15 is 0 Å². The molecule has 1 heterocycles. The van der Waals surface area contributed by atoms with Gasteiger partial charge in [0.05, 0.1) is 22.3 Å². The molecule has 26 heavy (non-hydrogen) atoms. The van der Waals surface area contributed by atoms with Crippen molar-refractivity contribution in [1.29, 1.82) is 0 Å². The molecule has 0 aliphatic rings. The molecule has 0 fully saturated rings. The third-order valence-corrected chi connectivity index (χ3v) is 5.51. The van der Waals surface area contributed by atoms with Crippen LogP contribution in [-0.2, 0) is 14.8 Å². The van der Waals surface area contributed by atoms with Gasteiger partial charge in [-0.05, 0) is 31.5 Å². The molecule has 1 aromatic heterocycles. The predicted octanol–water partition coefficient (Wildman–Crippen LogP) is 2.06. The fraction of sp³-hybridized carbons (Fsp3) is 0.333. The van der Waals surface area contributed by atoms with E-state index in [0.29, 0.717) is 37.4 Å². The molecule has 0 saturated heterocycles. The van der Waals surface area contributed by atoms with Gasteiger partial charge in [0.2, 0.25) is 0 Å². The van der Waals surface area contributed by atoms with Crippen molar-refractivity contribution in [2.45, 2.75) is 18.2 Å². The zero-order chi connectivity index (χ0) is 19.0. The van der Waals surface area contributed by atoms with Gasteiger partial charge in [-0.3, -0.25) is 14.1 Å². The average molecular weight is 377 g/mol. The number of amides is 1. The lowest BCUT2D eigenvalue weighted by atomic mass is 10.2. The molecule has 0 aliphatic carbocycles. The molecule has 1 amide bonds. The zero-order valence-corrected chi connectivity index (χ0v) is 15.7. The smallest absolute Gasteiger partial charge is 0.264 e. The van der Waals surface area contributed by atoms with Crippen LogP contribution in [0.5, 0.6) is 0 Å². The molecule has 140 valence electrons. The number of rotatable bonds is 9. The number of nitrogens with zero attached hydrogens (tertiary/aromatic N) is 2. The first-order valence-electron chi connectivity index (χ1n) is 8.31. The molecule has 1 aromatic carbocycles. The molecule has 0 radical (unpaired) electrons. The number of anilines is 1. The monoisotopic (exact) mass is 377 g/mol. The summed E-state index contributed by atoms with van der Waals surface area (Å²) < 4.78 is 31.7. The van der Waals surface area contributed by atoms with Crippen molar-refractivity contribution in [1.82, 2.24) is 10.3 Å². The maximum absolute atomic E-state index is 12.7. The zero-order valence-electron chi connectivity index (χ0n) is 14.9. The van der Waals surface area contributed by atoms with Gasteiger partial charge in [0.25, 0.3) is 15.9 Å². The quantitative estimate of drug-likeness (QED) is 0.676. The topological polar surface area (TPSA) is 88.6 Å². The molecular formula is C18H23N3O4S. The molecule has 2 rings (SSSR count). The lowest BCUT2D eigenvalue weighted by Gasteiger charge is -2.19. The third kappa shape index (κ3) is 5.03. The van der Waals surface area contributed by atoms with Gasteiger partial charge in [-0.25, -0.2) is 8.42 Å². The highest BCUT2D eigenvalue weighted by molar-refractivity contribution is 7.92. The molecule has 8 heteroatoms. The van der Waals surface area contributed by atoms with E-state index in [2.05, 4.69) is 10.3 Å². The molecule has 0 spiro atoms. The Balaban J connectivity index is 2.09. The van der Waals surface area contributed by atoms with Crippen LogP contribution in [0.3, 0.4) is 0 Å². The minimum Gasteiger partial charge on any atom is -0.382 e. The summed E-state index contributed by atoms with van der Waals surface area (Å²) in [5.74, 6) is -0.304. The molecule has 0 unspecified atom stereocenters. The molecule has 1 N–H and O–H groups in total. The highest BCUT2D eigenvalue weighted by atomic mass is 32.2. The molecule has 7 nitrogen and oxygen atoms in total. The van der Waals surface area contributed by atoms with Crippen LogP contribution in [0.25, 0.3) is 0 Å². The number of aromatic nitrogens is 1. The predicted molar refractivity (Wildman–Crippen MR) is 99.7 cm³/mol. The van der Waals surface area contributed by atoms with E-state index in [4.69, 9.17) is 4.74 Å². The molecule has 0 aliphatic heterocycles. The van der Waals surface area contributed by atoms with Crippen LogP contribution in [0.4, 0.5) is 5.69 Å². The van der Waals surface area contributed by atoms with Crippen molar-refractivity contribution in [2.75, 3.05) is 31.1 Å². The van der Waals surface area contributed by atoms with Gasteiger partial charge in [-0.1, -0.05) is 18.2 Å². The number of pyridine rings is 1. The van der Waals surface area contributed by atoms with Gasteiger partial charge < -0.3 is 10.1 Å². The first kappa shape index (κ1) is 19.9. The second-order valence-corrected chi connectivity index (χ2v) is 7.49. The first-order chi connectivity index (χ1) is 12.5. The Labute approximate surface area is 154 Å². The minimum absolute atomic E-state index is 0.174. The summed E-state index contributed by atoms with van der Waals surface area (Å²) in [6, 6.07) is 9.61. The highest BCUT2D eigenvalue weighted by Gasteiger charge is 2.22. The van der Waals surface area contributed by atoms with E-state index in [9.17, 15) is 13.2 Å². The first-order valence-corrected chi connectivity index (χ1v) is 9.75. The van der Waals surface area contributed by atoms with Crippen LogP contribution in [-0.4, -0.2) is 46.1 Å². The van der Waals surface area contributed by atoms with E-state index in [1.54, 1.807) is 18.2 Å². The Bertz CT molecular complexity index is 825. The van der Waals surface area contributed by atoms with Gasteiger partial charge in [-0.2, -0.15) is 0 Å². The largest absolute Gasteiger partial charge is 0.382 e. The number of hydrogen-bond acceptors (Lipinski definition) is 5. The molecule has 0 saturated carbocycles. The molecule has 0 bridgehead atoms. The van der Waals surface area contributed by atoms with Gasteiger partial charge in [0.15, 0.2) is 0 Å². The van der Waals surface area contributed by atoms with Gasteiger partial charge >= 0.3 is 0 Å². The summed E-state index contributed by atoms with van der Waals surface area (Å²) in [5, 5.41) is 2.77. The van der Waals surface area contributed by atoms with E-state index in [0.717, 1.165) is 4.31 Å². The maximum Gasteiger partial charge on any atom is 0.264 e. The number of hydrogen-bond donors (Lipinski definition) is 1. The van der Waals surface area contributed by atoms with Crippen molar-refractivity contribution in [3.8, 4) is 0 Å². The lowest BCUT2D eigenvalue weighted by Crippen LogP contribution is -2.28. The second kappa shape index (κ2) is 9.30. The summed E-state index contributed by atoms with van der Waals surface area (Å²) in [4.78, 5) is 16.4. The Kier molecular flexibility index (Phi) is 7.11. The van der Waals surface area contributed by atoms with Crippen LogP contribution in [0, 0.1) is 0 Å². The average Bonchev–Trinajstić information content (AvgIpc) is 2.67. The Morgan fingerprint density at radius 2 is 1.96 bits per heavy atom. The standard InChI is InChI=1S/C18H23N3O4S/c1-3-25-11-7-10-20-18(22)15-12-16(14-19-13-15)21(2)26(23,24)17-8-5-4-6-9-17/h4-6,8-9,12-14H,3,7,10-11H2,1-2H3,(H,20,22). The fourth-order valence-corrected chi connectivity index (χ4v) is 3.43. The maximum atomic E-state index is 12.7. The molecular weight excluding hydrogens is 354 g/mol. The molecule has 0 atom stereocenters. The third-order valence-electron chi connectivity index (χ3n) is 3.71. The second-order valence-electron chi connectivity index (χ2n) is 5.52. The lowest BCUT2D eigenvalue weighted by molar-refractivity contribution is 0.0944. The number of nitrogens with one attached hydrogen (secondary N) is 1. The number of carbonyl (C=O) groups is 1. The Morgan fingerprint density at radius 1 is 1.23 bits per heavy atom. The molecule has 2 aromatic rings. The SMILES string of the molecule is CCOCCCNC(=O)c1cncc(N(C)S(=O)(=O)c2ccccc2)c1. The summed E-state index contributed by atoms with van der Waals surface area (Å²) in [5.41, 5.74) is 0.616. The normalized spacial score (nSPS) is 11.2. The summed E-state index contributed by atoms with van der Waals surface area (Å²) in [6.45, 7) is 3.60. The van der Waals surface area contributed by atoms with Crippen LogP contribution in [0.15, 0.2) is 53.7 Å². The summed E-state index contributed by atoms with van der Waals surface area (Å²) in [7, 11) is -2.28. The highest BCUT2D eigenvalue weighted by Crippen LogP contribution is 2.21. The van der Waals surface area contributed by atoms with E-state index in [1.807, 2.05) is 6.92 Å². The van der Waals surface area contributed by atoms with Gasteiger partial charge in [0.1, 0.15) is 0 Å². The van der Waals surface area contributed by atoms with Crippen molar-refractivity contribution in [3.05, 3.63) is 54.4 Å². The Hall–Kier alpha value is -2.45. The number of sulfonamides is 1. The van der Waals surface area contributed by atoms with Crippen molar-refractivity contribution in [3.63, 3.8) is 0 Å². The van der Waals surface area contributed by atoms with E-state index in [-0.39, 0.29) is 10.8 Å².